The van der Waals surface area contributed by atoms with Crippen molar-refractivity contribution in [3.63, 3.8) is 0 Å². The van der Waals surface area contributed by atoms with Gasteiger partial charge < -0.3 is 14.2 Å². The van der Waals surface area contributed by atoms with Crippen LogP contribution in [0.15, 0.2) is 9.42 Å². The molecule has 0 aromatic carbocycles. The number of ether oxygens (including phenoxy) is 1. The molecule has 0 bridgehead atoms. The quantitative estimate of drug-likeness (QED) is 0.765. The Balaban J connectivity index is 1.67. The van der Waals surface area contributed by atoms with Crippen LogP contribution in [0.4, 0.5) is 0 Å². The molecular weight excluding hydrogens is 370 g/mol. The van der Waals surface area contributed by atoms with Gasteiger partial charge in [-0.25, -0.2) is 8.42 Å². The Morgan fingerprint density at radius 2 is 1.96 bits per heavy atom. The van der Waals surface area contributed by atoms with Gasteiger partial charge in [-0.05, 0) is 45.4 Å². The summed E-state index contributed by atoms with van der Waals surface area (Å²) >= 11 is 0. The van der Waals surface area contributed by atoms with Gasteiger partial charge in [0.15, 0.2) is 5.76 Å². The Morgan fingerprint density at radius 1 is 1.30 bits per heavy atom. The number of piperidine rings is 1. The van der Waals surface area contributed by atoms with Crippen molar-refractivity contribution in [3.8, 4) is 0 Å². The molecule has 1 aromatic rings. The molecular formula is C18H29N3O5S. The monoisotopic (exact) mass is 399 g/mol. The first-order chi connectivity index (χ1) is 12.6. The molecule has 0 N–H and O–H groups in total. The lowest BCUT2D eigenvalue weighted by Crippen LogP contribution is -2.51. The molecule has 2 fully saturated rings. The number of amides is 1. The van der Waals surface area contributed by atoms with Gasteiger partial charge in [0.1, 0.15) is 10.6 Å². The highest BCUT2D eigenvalue weighted by Gasteiger charge is 2.44. The van der Waals surface area contributed by atoms with E-state index < -0.39 is 10.0 Å². The second-order valence-corrected chi connectivity index (χ2v) is 9.81. The van der Waals surface area contributed by atoms with E-state index in [1.807, 2.05) is 0 Å². The van der Waals surface area contributed by atoms with Crippen LogP contribution in [-0.2, 0) is 19.6 Å². The fourth-order valence-electron chi connectivity index (χ4n) is 4.19. The molecule has 8 nitrogen and oxygen atoms in total. The molecule has 9 heteroatoms. The Morgan fingerprint density at radius 3 is 2.52 bits per heavy atom. The first-order valence-corrected chi connectivity index (χ1v) is 10.9. The average Bonchev–Trinajstić information content (AvgIpc) is 2.94. The standard InChI is InChI=1S/C18H29N3O5S/c1-13-17(14(2)26-19-13)27(23,24)21-8-6-18(7-9-21)12-15(5-10-25-18)11-16(22)20(3)4/h15H,5-12H2,1-4H3. The summed E-state index contributed by atoms with van der Waals surface area (Å²) in [6, 6.07) is 0. The highest BCUT2D eigenvalue weighted by atomic mass is 32.2. The average molecular weight is 400 g/mol. The van der Waals surface area contributed by atoms with Crippen molar-refractivity contribution in [2.45, 2.75) is 56.4 Å². The normalized spacial score (nSPS) is 23.5. The number of sulfonamides is 1. The lowest BCUT2D eigenvalue weighted by molar-refractivity contribution is -0.138. The number of aromatic nitrogens is 1. The molecule has 152 valence electrons. The molecule has 2 saturated heterocycles. The summed E-state index contributed by atoms with van der Waals surface area (Å²) in [5.74, 6) is 0.749. The van der Waals surface area contributed by atoms with Gasteiger partial charge in [0.05, 0.1) is 5.60 Å². The number of hydrogen-bond acceptors (Lipinski definition) is 6. The van der Waals surface area contributed by atoms with Crippen molar-refractivity contribution in [1.29, 1.82) is 0 Å². The van der Waals surface area contributed by atoms with E-state index in [0.29, 0.717) is 56.3 Å². The highest BCUT2D eigenvalue weighted by Crippen LogP contribution is 2.40. The summed E-state index contributed by atoms with van der Waals surface area (Å²) in [7, 11) is -0.0718. The number of hydrogen-bond donors (Lipinski definition) is 0. The summed E-state index contributed by atoms with van der Waals surface area (Å²) in [6.07, 6.45) is 3.50. The van der Waals surface area contributed by atoms with E-state index in [9.17, 15) is 13.2 Å². The molecule has 3 rings (SSSR count). The smallest absolute Gasteiger partial charge is 0.248 e. The van der Waals surface area contributed by atoms with Crippen molar-refractivity contribution in [1.82, 2.24) is 14.4 Å². The molecule has 2 aliphatic heterocycles. The molecule has 1 amide bonds. The van der Waals surface area contributed by atoms with Crippen LogP contribution in [0, 0.1) is 19.8 Å². The summed E-state index contributed by atoms with van der Waals surface area (Å²) in [6.45, 7) is 4.70. The lowest BCUT2D eigenvalue weighted by atomic mass is 9.78. The molecule has 0 saturated carbocycles. The van der Waals surface area contributed by atoms with Crippen molar-refractivity contribution >= 4 is 15.9 Å². The van der Waals surface area contributed by atoms with Crippen LogP contribution in [0.2, 0.25) is 0 Å². The minimum absolute atomic E-state index is 0.135. The summed E-state index contributed by atoms with van der Waals surface area (Å²) in [5.41, 5.74) is 0.0734. The molecule has 1 spiro atoms. The van der Waals surface area contributed by atoms with E-state index >= 15 is 0 Å². The SMILES string of the molecule is Cc1noc(C)c1S(=O)(=O)N1CCC2(CC1)CC(CC(=O)N(C)C)CCO2. The predicted molar refractivity (Wildman–Crippen MR) is 98.7 cm³/mol. The van der Waals surface area contributed by atoms with E-state index in [1.165, 1.54) is 4.31 Å². The predicted octanol–water partition coefficient (Wildman–Crippen LogP) is 1.72. The second-order valence-electron chi connectivity index (χ2n) is 7.94. The fraction of sp³-hybridized carbons (Fsp3) is 0.778. The van der Waals surface area contributed by atoms with Gasteiger partial charge in [-0.15, -0.1) is 0 Å². The van der Waals surface area contributed by atoms with Gasteiger partial charge >= 0.3 is 0 Å². The Labute approximate surface area is 160 Å². The zero-order chi connectivity index (χ0) is 19.8. The largest absolute Gasteiger partial charge is 0.375 e. The molecule has 1 atom stereocenters. The second kappa shape index (κ2) is 7.52. The number of carbonyl (C=O) groups excluding carboxylic acids is 1. The van der Waals surface area contributed by atoms with Crippen LogP contribution in [0.25, 0.3) is 0 Å². The number of carbonyl (C=O) groups is 1. The highest BCUT2D eigenvalue weighted by molar-refractivity contribution is 7.89. The Hall–Kier alpha value is -1.45. The van der Waals surface area contributed by atoms with Crippen LogP contribution >= 0.6 is 0 Å². The maximum Gasteiger partial charge on any atom is 0.248 e. The molecule has 27 heavy (non-hydrogen) atoms. The van der Waals surface area contributed by atoms with Crippen LogP contribution in [0.5, 0.6) is 0 Å². The third kappa shape index (κ3) is 4.05. The van der Waals surface area contributed by atoms with E-state index in [2.05, 4.69) is 5.16 Å². The fourth-order valence-corrected chi connectivity index (χ4v) is 5.92. The van der Waals surface area contributed by atoms with Gasteiger partial charge in [0, 0.05) is 40.2 Å². The van der Waals surface area contributed by atoms with Crippen LogP contribution in [0.1, 0.15) is 43.6 Å². The molecule has 3 heterocycles. The van der Waals surface area contributed by atoms with Gasteiger partial charge in [-0.3, -0.25) is 4.79 Å². The van der Waals surface area contributed by atoms with Gasteiger partial charge in [0.2, 0.25) is 15.9 Å². The van der Waals surface area contributed by atoms with Crippen molar-refractivity contribution < 1.29 is 22.5 Å². The zero-order valence-corrected chi connectivity index (χ0v) is 17.3. The molecule has 0 aliphatic carbocycles. The Kier molecular flexibility index (Phi) is 5.65. The maximum absolute atomic E-state index is 13.0. The van der Waals surface area contributed by atoms with Crippen molar-refractivity contribution in [2.75, 3.05) is 33.8 Å². The van der Waals surface area contributed by atoms with Crippen LogP contribution in [-0.4, -0.2) is 68.1 Å². The van der Waals surface area contributed by atoms with E-state index in [1.54, 1.807) is 32.8 Å². The minimum atomic E-state index is -3.62. The lowest BCUT2D eigenvalue weighted by Gasteiger charge is -2.45. The Bertz CT molecular complexity index is 774. The van der Waals surface area contributed by atoms with Crippen LogP contribution in [0.3, 0.4) is 0 Å². The number of aryl methyl sites for hydroxylation is 2. The minimum Gasteiger partial charge on any atom is -0.375 e. The van der Waals surface area contributed by atoms with Gasteiger partial charge in [-0.2, -0.15) is 4.31 Å². The molecule has 1 unspecified atom stereocenters. The third-order valence-corrected chi connectivity index (χ3v) is 7.90. The van der Waals surface area contributed by atoms with Crippen molar-refractivity contribution in [3.05, 3.63) is 11.5 Å². The topological polar surface area (TPSA) is 93.0 Å². The van der Waals surface area contributed by atoms with Crippen LogP contribution < -0.4 is 0 Å². The zero-order valence-electron chi connectivity index (χ0n) is 16.5. The van der Waals surface area contributed by atoms with Crippen molar-refractivity contribution in [2.24, 2.45) is 5.92 Å². The summed E-state index contributed by atoms with van der Waals surface area (Å²) in [5, 5.41) is 3.77. The summed E-state index contributed by atoms with van der Waals surface area (Å²) in [4.78, 5) is 13.8. The summed E-state index contributed by atoms with van der Waals surface area (Å²) < 4.78 is 38.6. The first kappa shape index (κ1) is 20.3. The maximum atomic E-state index is 13.0. The van der Waals surface area contributed by atoms with E-state index in [4.69, 9.17) is 9.26 Å². The molecule has 1 aromatic heterocycles. The van der Waals surface area contributed by atoms with Gasteiger partial charge in [-0.1, -0.05) is 5.16 Å². The third-order valence-electron chi connectivity index (χ3n) is 5.76. The van der Waals surface area contributed by atoms with E-state index in [-0.39, 0.29) is 16.4 Å². The van der Waals surface area contributed by atoms with Gasteiger partial charge in [0.25, 0.3) is 0 Å². The number of nitrogens with zero attached hydrogens (tertiary/aromatic N) is 3. The first-order valence-electron chi connectivity index (χ1n) is 9.42. The molecule has 0 radical (unpaired) electrons. The number of rotatable bonds is 4. The molecule has 2 aliphatic rings. The van der Waals surface area contributed by atoms with E-state index in [0.717, 1.165) is 12.8 Å².